The van der Waals surface area contributed by atoms with Crippen LogP contribution in [0.15, 0.2) is 12.1 Å². The zero-order valence-corrected chi connectivity index (χ0v) is 12.4. The number of hydrogen-bond acceptors (Lipinski definition) is 3. The summed E-state index contributed by atoms with van der Waals surface area (Å²) in [6.45, 7) is 7.78. The van der Waals surface area contributed by atoms with Crippen LogP contribution in [0.5, 0.6) is 5.75 Å². The van der Waals surface area contributed by atoms with Crippen molar-refractivity contribution in [3.63, 3.8) is 0 Å². The van der Waals surface area contributed by atoms with Crippen LogP contribution in [0, 0.1) is 6.92 Å². The molecular formula is C16H21NO3. The second-order valence-electron chi connectivity index (χ2n) is 5.71. The van der Waals surface area contributed by atoms with Crippen LogP contribution in [-0.2, 0) is 4.79 Å². The molecule has 0 bridgehead atoms. The number of carbonyl (C=O) groups excluding carboxylic acids is 2. The SMILES string of the molecule is Cc1ccc(OCC(=O)NC(C)C)c2c1[C@H](C)CC2=O. The highest BCUT2D eigenvalue weighted by Crippen LogP contribution is 2.40. The lowest BCUT2D eigenvalue weighted by atomic mass is 9.97. The van der Waals surface area contributed by atoms with Gasteiger partial charge in [-0.1, -0.05) is 13.0 Å². The highest BCUT2D eigenvalue weighted by molar-refractivity contribution is 6.04. The number of carbonyl (C=O) groups is 2. The van der Waals surface area contributed by atoms with Gasteiger partial charge in [-0.05, 0) is 43.9 Å². The molecule has 1 amide bonds. The Morgan fingerprint density at radius 1 is 1.45 bits per heavy atom. The van der Waals surface area contributed by atoms with E-state index in [0.29, 0.717) is 17.7 Å². The topological polar surface area (TPSA) is 55.4 Å². The van der Waals surface area contributed by atoms with Crippen molar-refractivity contribution in [2.24, 2.45) is 0 Å². The van der Waals surface area contributed by atoms with Crippen molar-refractivity contribution in [1.29, 1.82) is 0 Å². The normalized spacial score (nSPS) is 17.2. The van der Waals surface area contributed by atoms with Gasteiger partial charge in [-0.3, -0.25) is 9.59 Å². The number of amides is 1. The van der Waals surface area contributed by atoms with Crippen molar-refractivity contribution >= 4 is 11.7 Å². The summed E-state index contributed by atoms with van der Waals surface area (Å²) in [7, 11) is 0. The quantitative estimate of drug-likeness (QED) is 0.919. The van der Waals surface area contributed by atoms with Crippen LogP contribution in [0.2, 0.25) is 0 Å². The summed E-state index contributed by atoms with van der Waals surface area (Å²) in [5, 5.41) is 2.76. The smallest absolute Gasteiger partial charge is 0.258 e. The molecule has 1 aromatic rings. The predicted octanol–water partition coefficient (Wildman–Crippen LogP) is 2.59. The van der Waals surface area contributed by atoms with Gasteiger partial charge in [-0.2, -0.15) is 0 Å². The Labute approximate surface area is 119 Å². The van der Waals surface area contributed by atoms with E-state index in [9.17, 15) is 9.59 Å². The number of aryl methyl sites for hydroxylation is 1. The van der Waals surface area contributed by atoms with Crippen LogP contribution in [-0.4, -0.2) is 24.3 Å². The van der Waals surface area contributed by atoms with Gasteiger partial charge in [0.1, 0.15) is 5.75 Å². The summed E-state index contributed by atoms with van der Waals surface area (Å²) in [6, 6.07) is 3.81. The van der Waals surface area contributed by atoms with Gasteiger partial charge >= 0.3 is 0 Å². The number of rotatable bonds is 4. The molecule has 0 heterocycles. The lowest BCUT2D eigenvalue weighted by molar-refractivity contribution is -0.123. The van der Waals surface area contributed by atoms with E-state index >= 15 is 0 Å². The molecule has 108 valence electrons. The van der Waals surface area contributed by atoms with Crippen molar-refractivity contribution < 1.29 is 14.3 Å². The molecule has 20 heavy (non-hydrogen) atoms. The fourth-order valence-corrected chi connectivity index (χ4v) is 2.74. The molecule has 1 atom stereocenters. The zero-order chi connectivity index (χ0) is 14.9. The fourth-order valence-electron chi connectivity index (χ4n) is 2.74. The zero-order valence-electron chi connectivity index (χ0n) is 12.4. The molecule has 0 radical (unpaired) electrons. The van der Waals surface area contributed by atoms with E-state index in [4.69, 9.17) is 4.74 Å². The first-order valence-electron chi connectivity index (χ1n) is 6.99. The first-order chi connectivity index (χ1) is 9.40. The summed E-state index contributed by atoms with van der Waals surface area (Å²) in [4.78, 5) is 23.7. The average molecular weight is 275 g/mol. The molecule has 0 saturated carbocycles. The van der Waals surface area contributed by atoms with E-state index in [0.717, 1.165) is 11.1 Å². The third kappa shape index (κ3) is 2.84. The standard InChI is InChI=1S/C16H21NO3/c1-9(2)17-14(19)8-20-13-6-5-10(3)15-11(4)7-12(18)16(13)15/h5-6,9,11H,7-8H2,1-4H3,(H,17,19)/t11-/m1/s1. The fraction of sp³-hybridized carbons (Fsp3) is 0.500. The summed E-state index contributed by atoms with van der Waals surface area (Å²) < 4.78 is 5.55. The van der Waals surface area contributed by atoms with E-state index in [1.54, 1.807) is 6.07 Å². The average Bonchev–Trinajstić information content (AvgIpc) is 2.64. The second kappa shape index (κ2) is 5.65. The molecule has 0 fully saturated rings. The lowest BCUT2D eigenvalue weighted by Gasteiger charge is -2.14. The van der Waals surface area contributed by atoms with E-state index < -0.39 is 0 Å². The summed E-state index contributed by atoms with van der Waals surface area (Å²) >= 11 is 0. The summed E-state index contributed by atoms with van der Waals surface area (Å²) in [5.41, 5.74) is 2.84. The maximum Gasteiger partial charge on any atom is 0.258 e. The number of benzene rings is 1. The maximum atomic E-state index is 12.1. The highest BCUT2D eigenvalue weighted by atomic mass is 16.5. The van der Waals surface area contributed by atoms with Crippen LogP contribution in [0.1, 0.15) is 54.6 Å². The molecule has 0 aliphatic heterocycles. The van der Waals surface area contributed by atoms with Crippen LogP contribution in [0.3, 0.4) is 0 Å². The molecule has 4 nitrogen and oxygen atoms in total. The minimum absolute atomic E-state index is 0.0602. The lowest BCUT2D eigenvalue weighted by Crippen LogP contribution is -2.34. The maximum absolute atomic E-state index is 12.1. The summed E-state index contributed by atoms with van der Waals surface area (Å²) in [5.74, 6) is 0.688. The minimum Gasteiger partial charge on any atom is -0.483 e. The third-order valence-electron chi connectivity index (χ3n) is 3.50. The number of ether oxygens (including phenoxy) is 1. The largest absolute Gasteiger partial charge is 0.483 e. The Bertz CT molecular complexity index is 549. The molecule has 1 aliphatic rings. The number of nitrogens with one attached hydrogen (secondary N) is 1. The van der Waals surface area contributed by atoms with E-state index in [-0.39, 0.29) is 30.3 Å². The molecular weight excluding hydrogens is 254 g/mol. The van der Waals surface area contributed by atoms with Crippen molar-refractivity contribution in [2.45, 2.75) is 46.1 Å². The number of ketones is 1. The molecule has 0 aromatic heterocycles. The summed E-state index contributed by atoms with van der Waals surface area (Å²) in [6.07, 6.45) is 0.523. The minimum atomic E-state index is -0.173. The Balaban J connectivity index is 2.18. The Morgan fingerprint density at radius 3 is 2.80 bits per heavy atom. The number of Topliss-reactive ketones (excluding diaryl/α,β-unsaturated/α-hetero) is 1. The van der Waals surface area contributed by atoms with E-state index in [1.807, 2.05) is 33.8 Å². The van der Waals surface area contributed by atoms with Crippen LogP contribution in [0.4, 0.5) is 0 Å². The molecule has 0 spiro atoms. The van der Waals surface area contributed by atoms with E-state index in [1.165, 1.54) is 0 Å². The van der Waals surface area contributed by atoms with Gasteiger partial charge in [0, 0.05) is 12.5 Å². The molecule has 1 aromatic carbocycles. The first-order valence-corrected chi connectivity index (χ1v) is 6.99. The van der Waals surface area contributed by atoms with Gasteiger partial charge in [0.2, 0.25) is 0 Å². The van der Waals surface area contributed by atoms with Crippen molar-refractivity contribution in [1.82, 2.24) is 5.32 Å². The molecule has 0 saturated heterocycles. The van der Waals surface area contributed by atoms with E-state index in [2.05, 4.69) is 5.32 Å². The van der Waals surface area contributed by atoms with Gasteiger partial charge in [0.05, 0.1) is 5.56 Å². The van der Waals surface area contributed by atoms with Crippen molar-refractivity contribution in [3.8, 4) is 5.75 Å². The van der Waals surface area contributed by atoms with Gasteiger partial charge in [0.25, 0.3) is 5.91 Å². The molecule has 1 N–H and O–H groups in total. The molecule has 4 heteroatoms. The number of fused-ring (bicyclic) bond motifs is 1. The Kier molecular flexibility index (Phi) is 4.12. The number of hydrogen-bond donors (Lipinski definition) is 1. The van der Waals surface area contributed by atoms with Gasteiger partial charge in [-0.15, -0.1) is 0 Å². The first kappa shape index (κ1) is 14.6. The molecule has 2 rings (SSSR count). The monoisotopic (exact) mass is 275 g/mol. The van der Waals surface area contributed by atoms with Crippen LogP contribution in [0.25, 0.3) is 0 Å². The Hall–Kier alpha value is -1.84. The van der Waals surface area contributed by atoms with Gasteiger partial charge < -0.3 is 10.1 Å². The molecule has 1 aliphatic carbocycles. The predicted molar refractivity (Wildman–Crippen MR) is 77.3 cm³/mol. The van der Waals surface area contributed by atoms with Gasteiger partial charge in [0.15, 0.2) is 12.4 Å². The van der Waals surface area contributed by atoms with Crippen LogP contribution >= 0.6 is 0 Å². The Morgan fingerprint density at radius 2 is 2.15 bits per heavy atom. The second-order valence-corrected chi connectivity index (χ2v) is 5.71. The van der Waals surface area contributed by atoms with Gasteiger partial charge in [-0.25, -0.2) is 0 Å². The van der Waals surface area contributed by atoms with Crippen molar-refractivity contribution in [3.05, 3.63) is 28.8 Å². The van der Waals surface area contributed by atoms with Crippen molar-refractivity contribution in [2.75, 3.05) is 6.61 Å². The molecule has 0 unspecified atom stereocenters. The third-order valence-corrected chi connectivity index (χ3v) is 3.50. The van der Waals surface area contributed by atoms with Crippen LogP contribution < -0.4 is 10.1 Å². The highest BCUT2D eigenvalue weighted by Gasteiger charge is 2.31.